The minimum atomic E-state index is 0.249. The fraction of sp³-hybridized carbons (Fsp3) is 0.235. The summed E-state index contributed by atoms with van der Waals surface area (Å²) in [6, 6.07) is 16.1. The monoisotopic (exact) mass is 264 g/mol. The number of phenolic OH excluding ortho intramolecular Hbond substituents is 1. The van der Waals surface area contributed by atoms with Gasteiger partial charge in [0.15, 0.2) is 0 Å². The molecule has 0 saturated carbocycles. The van der Waals surface area contributed by atoms with E-state index in [2.05, 4.69) is 17.5 Å². The average Bonchev–Trinajstić information content (AvgIpc) is 2.86. The minimum Gasteiger partial charge on any atom is -0.508 e. The normalized spacial score (nSPS) is 16.4. The van der Waals surface area contributed by atoms with Crippen LogP contribution in [0.15, 0.2) is 42.5 Å². The van der Waals surface area contributed by atoms with Crippen LogP contribution < -0.4 is 5.32 Å². The van der Waals surface area contributed by atoms with E-state index in [1.54, 1.807) is 6.07 Å². The Hall–Kier alpha value is -2.47. The molecule has 0 aromatic heterocycles. The van der Waals surface area contributed by atoms with E-state index in [0.29, 0.717) is 12.2 Å². The van der Waals surface area contributed by atoms with E-state index in [0.717, 1.165) is 29.7 Å². The molecule has 3 nitrogen and oxygen atoms in total. The van der Waals surface area contributed by atoms with Crippen molar-refractivity contribution in [1.29, 1.82) is 5.26 Å². The Labute approximate surface area is 118 Å². The van der Waals surface area contributed by atoms with Crippen LogP contribution in [0.5, 0.6) is 5.75 Å². The molecule has 20 heavy (non-hydrogen) atoms. The lowest BCUT2D eigenvalue weighted by molar-refractivity contribution is 0.469. The third kappa shape index (κ3) is 2.33. The first-order chi connectivity index (χ1) is 9.78. The zero-order chi connectivity index (χ0) is 13.9. The lowest BCUT2D eigenvalue weighted by Gasteiger charge is -2.16. The summed E-state index contributed by atoms with van der Waals surface area (Å²) >= 11 is 0. The lowest BCUT2D eigenvalue weighted by atomic mass is 10.1. The van der Waals surface area contributed by atoms with E-state index >= 15 is 0 Å². The Kier molecular flexibility index (Phi) is 3.30. The number of benzene rings is 2. The summed E-state index contributed by atoms with van der Waals surface area (Å²) in [4.78, 5) is 0. The second kappa shape index (κ2) is 5.26. The van der Waals surface area contributed by atoms with Gasteiger partial charge in [-0.05, 0) is 47.7 Å². The zero-order valence-corrected chi connectivity index (χ0v) is 11.1. The molecular weight excluding hydrogens is 248 g/mol. The van der Waals surface area contributed by atoms with Gasteiger partial charge in [0.1, 0.15) is 5.75 Å². The number of anilines is 1. The Balaban J connectivity index is 1.77. The summed E-state index contributed by atoms with van der Waals surface area (Å²) in [5, 5.41) is 22.0. The third-order valence-corrected chi connectivity index (χ3v) is 3.82. The van der Waals surface area contributed by atoms with Gasteiger partial charge in [0.05, 0.1) is 18.5 Å². The van der Waals surface area contributed by atoms with Crippen molar-refractivity contribution in [3.05, 3.63) is 59.2 Å². The Bertz CT molecular complexity index is 656. The minimum absolute atomic E-state index is 0.249. The number of aromatic hydroxyl groups is 1. The summed E-state index contributed by atoms with van der Waals surface area (Å²) in [6.07, 6.45) is 2.35. The summed E-state index contributed by atoms with van der Waals surface area (Å²) < 4.78 is 0. The standard InChI is InChI=1S/C17H16N2O/c18-11-10-12-4-6-13(7-5-12)19-16-9-8-15-14(16)2-1-3-17(15)20/h1-7,16,19-20H,8-10H2. The number of phenols is 1. The fourth-order valence-corrected chi connectivity index (χ4v) is 2.80. The predicted molar refractivity (Wildman–Crippen MR) is 78.6 cm³/mol. The molecule has 0 fully saturated rings. The van der Waals surface area contributed by atoms with E-state index < -0.39 is 0 Å². The highest BCUT2D eigenvalue weighted by molar-refractivity contribution is 5.51. The molecule has 0 heterocycles. The average molecular weight is 264 g/mol. The van der Waals surface area contributed by atoms with E-state index in [1.807, 2.05) is 30.3 Å². The summed E-state index contributed by atoms with van der Waals surface area (Å²) in [5.41, 5.74) is 4.33. The molecule has 3 rings (SSSR count). The van der Waals surface area contributed by atoms with Gasteiger partial charge in [0.2, 0.25) is 0 Å². The van der Waals surface area contributed by atoms with Crippen molar-refractivity contribution < 1.29 is 5.11 Å². The molecule has 2 aromatic carbocycles. The first-order valence-corrected chi connectivity index (χ1v) is 6.81. The van der Waals surface area contributed by atoms with Gasteiger partial charge in [-0.15, -0.1) is 0 Å². The molecule has 3 heteroatoms. The van der Waals surface area contributed by atoms with Gasteiger partial charge in [0.25, 0.3) is 0 Å². The SMILES string of the molecule is N#CCc1ccc(NC2CCc3c(O)cccc32)cc1. The van der Waals surface area contributed by atoms with Crippen molar-refractivity contribution >= 4 is 5.69 Å². The molecule has 0 amide bonds. The number of nitrogens with one attached hydrogen (secondary N) is 1. The maximum atomic E-state index is 9.85. The van der Waals surface area contributed by atoms with Crippen LogP contribution in [0.4, 0.5) is 5.69 Å². The largest absolute Gasteiger partial charge is 0.508 e. The van der Waals surface area contributed by atoms with Gasteiger partial charge in [-0.2, -0.15) is 5.26 Å². The smallest absolute Gasteiger partial charge is 0.119 e. The molecule has 1 unspecified atom stereocenters. The maximum Gasteiger partial charge on any atom is 0.119 e. The van der Waals surface area contributed by atoms with E-state index in [4.69, 9.17) is 5.26 Å². The van der Waals surface area contributed by atoms with E-state index in [1.165, 1.54) is 5.56 Å². The summed E-state index contributed by atoms with van der Waals surface area (Å²) in [6.45, 7) is 0. The van der Waals surface area contributed by atoms with Crippen molar-refractivity contribution in [3.8, 4) is 11.8 Å². The summed E-state index contributed by atoms with van der Waals surface area (Å²) in [5.74, 6) is 0.399. The zero-order valence-electron chi connectivity index (χ0n) is 11.1. The molecular formula is C17H16N2O. The van der Waals surface area contributed by atoms with Crippen LogP contribution in [-0.2, 0) is 12.8 Å². The van der Waals surface area contributed by atoms with Crippen LogP contribution in [-0.4, -0.2) is 5.11 Å². The van der Waals surface area contributed by atoms with Crippen molar-refractivity contribution in [2.75, 3.05) is 5.32 Å². The molecule has 0 radical (unpaired) electrons. The first-order valence-electron chi connectivity index (χ1n) is 6.81. The molecule has 100 valence electrons. The van der Waals surface area contributed by atoms with Crippen LogP contribution >= 0.6 is 0 Å². The molecule has 0 bridgehead atoms. The topological polar surface area (TPSA) is 56.0 Å². The number of hydrogen-bond acceptors (Lipinski definition) is 3. The highest BCUT2D eigenvalue weighted by Gasteiger charge is 2.24. The fourth-order valence-electron chi connectivity index (χ4n) is 2.80. The first kappa shape index (κ1) is 12.6. The van der Waals surface area contributed by atoms with Crippen molar-refractivity contribution in [2.45, 2.75) is 25.3 Å². The molecule has 0 spiro atoms. The molecule has 2 N–H and O–H groups in total. The molecule has 2 aromatic rings. The Morgan fingerprint density at radius 2 is 2.00 bits per heavy atom. The van der Waals surface area contributed by atoms with Gasteiger partial charge in [-0.25, -0.2) is 0 Å². The van der Waals surface area contributed by atoms with Crippen LogP contribution in [0.1, 0.15) is 29.2 Å². The van der Waals surface area contributed by atoms with Gasteiger partial charge in [-0.3, -0.25) is 0 Å². The number of hydrogen-bond donors (Lipinski definition) is 2. The Morgan fingerprint density at radius 3 is 2.75 bits per heavy atom. The third-order valence-electron chi connectivity index (χ3n) is 3.82. The van der Waals surface area contributed by atoms with Crippen molar-refractivity contribution in [2.24, 2.45) is 0 Å². The lowest BCUT2D eigenvalue weighted by Crippen LogP contribution is -2.06. The predicted octanol–water partition coefficient (Wildman–Crippen LogP) is 3.56. The van der Waals surface area contributed by atoms with Crippen LogP contribution in [0.3, 0.4) is 0 Å². The Morgan fingerprint density at radius 1 is 1.20 bits per heavy atom. The molecule has 1 atom stereocenters. The number of nitriles is 1. The van der Waals surface area contributed by atoms with Gasteiger partial charge in [-0.1, -0.05) is 24.3 Å². The highest BCUT2D eigenvalue weighted by Crippen LogP contribution is 2.38. The van der Waals surface area contributed by atoms with Crippen molar-refractivity contribution in [1.82, 2.24) is 0 Å². The second-order valence-electron chi connectivity index (χ2n) is 5.11. The van der Waals surface area contributed by atoms with Crippen LogP contribution in [0.25, 0.3) is 0 Å². The van der Waals surface area contributed by atoms with Crippen molar-refractivity contribution in [3.63, 3.8) is 0 Å². The molecule has 1 aliphatic rings. The molecule has 0 saturated heterocycles. The number of nitrogens with zero attached hydrogens (tertiary/aromatic N) is 1. The molecule has 1 aliphatic carbocycles. The van der Waals surface area contributed by atoms with E-state index in [9.17, 15) is 5.11 Å². The molecule has 0 aliphatic heterocycles. The van der Waals surface area contributed by atoms with Gasteiger partial charge in [0, 0.05) is 5.69 Å². The number of rotatable bonds is 3. The van der Waals surface area contributed by atoms with Gasteiger partial charge < -0.3 is 10.4 Å². The van der Waals surface area contributed by atoms with Gasteiger partial charge >= 0.3 is 0 Å². The maximum absolute atomic E-state index is 9.85. The highest BCUT2D eigenvalue weighted by atomic mass is 16.3. The van der Waals surface area contributed by atoms with Crippen LogP contribution in [0.2, 0.25) is 0 Å². The summed E-state index contributed by atoms with van der Waals surface area (Å²) in [7, 11) is 0. The van der Waals surface area contributed by atoms with Crippen LogP contribution in [0, 0.1) is 11.3 Å². The quantitative estimate of drug-likeness (QED) is 0.891. The number of fused-ring (bicyclic) bond motifs is 1. The van der Waals surface area contributed by atoms with E-state index in [-0.39, 0.29) is 6.04 Å². The second-order valence-corrected chi connectivity index (χ2v) is 5.11.